The number of amides is 1. The van der Waals surface area contributed by atoms with Crippen molar-refractivity contribution in [3.63, 3.8) is 0 Å². The van der Waals surface area contributed by atoms with Crippen LogP contribution in [-0.2, 0) is 4.79 Å². The van der Waals surface area contributed by atoms with Gasteiger partial charge in [-0.2, -0.15) is 5.26 Å². The molecule has 0 saturated carbocycles. The van der Waals surface area contributed by atoms with E-state index in [9.17, 15) is 4.79 Å². The third-order valence-corrected chi connectivity index (χ3v) is 2.73. The summed E-state index contributed by atoms with van der Waals surface area (Å²) in [5.41, 5.74) is 1.90. The van der Waals surface area contributed by atoms with Crippen LogP contribution in [0.5, 0.6) is 0 Å². The first-order valence-electron chi connectivity index (χ1n) is 5.37. The SMILES string of the molecule is CC(=O)N(C)C(C#N)c1ccc(N(C)C)cc1. The highest BCUT2D eigenvalue weighted by Gasteiger charge is 2.18. The molecule has 0 radical (unpaired) electrons. The normalized spacial score (nSPS) is 11.5. The lowest BCUT2D eigenvalue weighted by atomic mass is 10.1. The first-order valence-corrected chi connectivity index (χ1v) is 5.37. The van der Waals surface area contributed by atoms with Gasteiger partial charge >= 0.3 is 0 Å². The minimum Gasteiger partial charge on any atom is -0.378 e. The van der Waals surface area contributed by atoms with Crippen molar-refractivity contribution in [1.82, 2.24) is 4.90 Å². The van der Waals surface area contributed by atoms with Crippen LogP contribution in [-0.4, -0.2) is 32.0 Å². The van der Waals surface area contributed by atoms with Crippen LogP contribution in [0.1, 0.15) is 18.5 Å². The topological polar surface area (TPSA) is 47.3 Å². The molecule has 0 N–H and O–H groups in total. The molecule has 1 aromatic rings. The van der Waals surface area contributed by atoms with Gasteiger partial charge in [0.15, 0.2) is 0 Å². The summed E-state index contributed by atoms with van der Waals surface area (Å²) in [4.78, 5) is 14.7. The summed E-state index contributed by atoms with van der Waals surface area (Å²) in [5, 5.41) is 9.12. The average Bonchev–Trinajstić information content (AvgIpc) is 2.30. The molecular formula is C13H17N3O. The van der Waals surface area contributed by atoms with E-state index >= 15 is 0 Å². The molecule has 1 atom stereocenters. The number of carbonyl (C=O) groups excluding carboxylic acids is 1. The minimum absolute atomic E-state index is 0.117. The van der Waals surface area contributed by atoms with Crippen LogP contribution in [0.4, 0.5) is 5.69 Å². The molecule has 0 aliphatic heterocycles. The number of hydrogen-bond acceptors (Lipinski definition) is 3. The van der Waals surface area contributed by atoms with Crippen molar-refractivity contribution >= 4 is 11.6 Å². The van der Waals surface area contributed by atoms with E-state index < -0.39 is 6.04 Å². The maximum absolute atomic E-state index is 11.3. The molecule has 4 nitrogen and oxygen atoms in total. The second-order valence-corrected chi connectivity index (χ2v) is 4.15. The van der Waals surface area contributed by atoms with Crippen molar-refractivity contribution in [2.24, 2.45) is 0 Å². The largest absolute Gasteiger partial charge is 0.378 e. The minimum atomic E-state index is -0.524. The van der Waals surface area contributed by atoms with Crippen molar-refractivity contribution in [2.45, 2.75) is 13.0 Å². The van der Waals surface area contributed by atoms with Gasteiger partial charge in [0.1, 0.15) is 6.04 Å². The van der Waals surface area contributed by atoms with Crippen molar-refractivity contribution in [3.05, 3.63) is 29.8 Å². The van der Waals surface area contributed by atoms with Gasteiger partial charge in [-0.3, -0.25) is 4.79 Å². The van der Waals surface area contributed by atoms with Crippen LogP contribution in [0.2, 0.25) is 0 Å². The summed E-state index contributed by atoms with van der Waals surface area (Å²) in [6.45, 7) is 1.46. The van der Waals surface area contributed by atoms with Crippen LogP contribution in [0.15, 0.2) is 24.3 Å². The molecule has 17 heavy (non-hydrogen) atoms. The standard InChI is InChI=1S/C13H17N3O/c1-10(17)16(4)13(9-14)11-5-7-12(8-6-11)15(2)3/h5-8,13H,1-4H3. The summed E-state index contributed by atoms with van der Waals surface area (Å²) in [6, 6.07) is 9.25. The van der Waals surface area contributed by atoms with E-state index in [0.29, 0.717) is 0 Å². The monoisotopic (exact) mass is 231 g/mol. The molecule has 0 aliphatic rings. The third-order valence-electron chi connectivity index (χ3n) is 2.73. The zero-order chi connectivity index (χ0) is 13.0. The highest BCUT2D eigenvalue weighted by molar-refractivity contribution is 5.74. The summed E-state index contributed by atoms with van der Waals surface area (Å²) in [7, 11) is 5.55. The Morgan fingerprint density at radius 2 is 1.76 bits per heavy atom. The summed E-state index contributed by atoms with van der Waals surface area (Å²) >= 11 is 0. The zero-order valence-corrected chi connectivity index (χ0v) is 10.6. The molecule has 0 spiro atoms. The fourth-order valence-electron chi connectivity index (χ4n) is 1.52. The number of nitriles is 1. The Morgan fingerprint density at radius 1 is 1.24 bits per heavy atom. The molecule has 1 rings (SSSR count). The molecule has 0 aromatic heterocycles. The van der Waals surface area contributed by atoms with Gasteiger partial charge < -0.3 is 9.80 Å². The molecule has 0 aliphatic carbocycles. The van der Waals surface area contributed by atoms with E-state index in [4.69, 9.17) is 5.26 Å². The molecule has 0 bridgehead atoms. The molecular weight excluding hydrogens is 214 g/mol. The van der Waals surface area contributed by atoms with Gasteiger partial charge in [0.25, 0.3) is 0 Å². The quantitative estimate of drug-likeness (QED) is 0.797. The van der Waals surface area contributed by atoms with Crippen molar-refractivity contribution in [3.8, 4) is 6.07 Å². The zero-order valence-electron chi connectivity index (χ0n) is 10.6. The maximum Gasteiger partial charge on any atom is 0.220 e. The molecule has 0 fully saturated rings. The van der Waals surface area contributed by atoms with Crippen LogP contribution in [0.25, 0.3) is 0 Å². The Hall–Kier alpha value is -2.02. The lowest BCUT2D eigenvalue weighted by Gasteiger charge is -2.22. The third kappa shape index (κ3) is 2.97. The van der Waals surface area contributed by atoms with E-state index in [-0.39, 0.29) is 5.91 Å². The summed E-state index contributed by atoms with van der Waals surface area (Å²) in [6.07, 6.45) is 0. The number of benzene rings is 1. The highest BCUT2D eigenvalue weighted by atomic mass is 16.2. The van der Waals surface area contributed by atoms with Gasteiger partial charge in [-0.25, -0.2) is 0 Å². The van der Waals surface area contributed by atoms with Crippen molar-refractivity contribution in [1.29, 1.82) is 5.26 Å². The second-order valence-electron chi connectivity index (χ2n) is 4.15. The van der Waals surface area contributed by atoms with E-state index in [1.54, 1.807) is 7.05 Å². The van der Waals surface area contributed by atoms with E-state index in [1.807, 2.05) is 43.3 Å². The Bertz CT molecular complexity index is 431. The smallest absolute Gasteiger partial charge is 0.220 e. The average molecular weight is 231 g/mol. The fourth-order valence-corrected chi connectivity index (χ4v) is 1.52. The lowest BCUT2D eigenvalue weighted by Crippen LogP contribution is -2.28. The van der Waals surface area contributed by atoms with Crippen molar-refractivity contribution < 1.29 is 4.79 Å². The predicted molar refractivity (Wildman–Crippen MR) is 67.6 cm³/mol. The number of nitrogens with zero attached hydrogens (tertiary/aromatic N) is 3. The van der Waals surface area contributed by atoms with Gasteiger partial charge in [0.2, 0.25) is 5.91 Å². The maximum atomic E-state index is 11.3. The van der Waals surface area contributed by atoms with E-state index in [0.717, 1.165) is 11.3 Å². The molecule has 90 valence electrons. The van der Waals surface area contributed by atoms with Crippen LogP contribution in [0.3, 0.4) is 0 Å². The van der Waals surface area contributed by atoms with E-state index in [1.165, 1.54) is 11.8 Å². The van der Waals surface area contributed by atoms with Crippen LogP contribution >= 0.6 is 0 Å². The molecule has 0 saturated heterocycles. The fraction of sp³-hybridized carbons (Fsp3) is 0.385. The first kappa shape index (κ1) is 13.0. The van der Waals surface area contributed by atoms with Gasteiger partial charge in [0.05, 0.1) is 6.07 Å². The number of anilines is 1. The highest BCUT2D eigenvalue weighted by Crippen LogP contribution is 2.21. The summed E-state index contributed by atoms with van der Waals surface area (Å²) < 4.78 is 0. The first-order chi connectivity index (χ1) is 7.97. The number of rotatable bonds is 3. The van der Waals surface area contributed by atoms with Gasteiger partial charge in [0, 0.05) is 33.8 Å². The molecule has 0 heterocycles. The Morgan fingerprint density at radius 3 is 2.12 bits per heavy atom. The summed E-state index contributed by atoms with van der Waals surface area (Å²) in [5.74, 6) is -0.117. The Kier molecular flexibility index (Phi) is 4.11. The van der Waals surface area contributed by atoms with Gasteiger partial charge in [-0.15, -0.1) is 0 Å². The van der Waals surface area contributed by atoms with E-state index in [2.05, 4.69) is 6.07 Å². The molecule has 4 heteroatoms. The lowest BCUT2D eigenvalue weighted by molar-refractivity contribution is -0.128. The number of hydrogen-bond donors (Lipinski definition) is 0. The Balaban J connectivity index is 2.99. The Labute approximate surface area is 102 Å². The molecule has 1 aromatic carbocycles. The molecule has 1 unspecified atom stereocenters. The second kappa shape index (κ2) is 5.35. The van der Waals surface area contributed by atoms with Crippen molar-refractivity contribution in [2.75, 3.05) is 26.0 Å². The predicted octanol–water partition coefficient (Wildman–Crippen LogP) is 1.80. The number of carbonyl (C=O) groups is 1. The van der Waals surface area contributed by atoms with Gasteiger partial charge in [-0.1, -0.05) is 12.1 Å². The van der Waals surface area contributed by atoms with Gasteiger partial charge in [-0.05, 0) is 17.7 Å². The van der Waals surface area contributed by atoms with Crippen LogP contribution < -0.4 is 4.90 Å². The molecule has 1 amide bonds. The van der Waals surface area contributed by atoms with Crippen LogP contribution in [0, 0.1) is 11.3 Å².